The van der Waals surface area contributed by atoms with E-state index in [0.29, 0.717) is 17.3 Å². The van der Waals surface area contributed by atoms with Crippen molar-refractivity contribution in [3.63, 3.8) is 0 Å². The van der Waals surface area contributed by atoms with Crippen LogP contribution in [0.25, 0.3) is 11.5 Å². The van der Waals surface area contributed by atoms with Crippen LogP contribution in [0, 0.1) is 5.92 Å². The van der Waals surface area contributed by atoms with E-state index in [-0.39, 0.29) is 29.4 Å². The summed E-state index contributed by atoms with van der Waals surface area (Å²) in [6, 6.07) is 3.40. The van der Waals surface area contributed by atoms with Gasteiger partial charge in [-0.05, 0) is 56.6 Å². The molecule has 3 N–H and O–H groups in total. The fraction of sp³-hybridized carbons (Fsp3) is 0.556. The summed E-state index contributed by atoms with van der Waals surface area (Å²) in [6.45, 7) is 2.17. The van der Waals surface area contributed by atoms with Crippen LogP contribution in [-0.4, -0.2) is 42.9 Å². The number of aromatic nitrogens is 4. The van der Waals surface area contributed by atoms with Gasteiger partial charge in [-0.3, -0.25) is 9.48 Å². The molecular weight excluding hydrogens is 494 g/mol. The molecule has 9 nitrogen and oxygen atoms in total. The van der Waals surface area contributed by atoms with Gasteiger partial charge in [0.15, 0.2) is 11.4 Å². The summed E-state index contributed by atoms with van der Waals surface area (Å²) in [5, 5.41) is 20.2. The first-order valence-electron chi connectivity index (χ1n) is 13.5. The second-order valence-electron chi connectivity index (χ2n) is 10.3. The second kappa shape index (κ2) is 11.6. The van der Waals surface area contributed by atoms with Gasteiger partial charge >= 0.3 is 0 Å². The maximum absolute atomic E-state index is 13.7. The van der Waals surface area contributed by atoms with Gasteiger partial charge in [0.05, 0.1) is 23.9 Å². The van der Waals surface area contributed by atoms with Gasteiger partial charge in [-0.25, -0.2) is 18.7 Å². The van der Waals surface area contributed by atoms with Gasteiger partial charge in [0, 0.05) is 18.0 Å². The fourth-order valence-electron chi connectivity index (χ4n) is 5.48. The molecule has 1 amide bonds. The Balaban J connectivity index is 1.27. The van der Waals surface area contributed by atoms with Crippen LogP contribution in [0.2, 0.25) is 0 Å². The smallest absolute Gasteiger partial charge is 0.284 e. The summed E-state index contributed by atoms with van der Waals surface area (Å²) in [5.41, 5.74) is 0.0871. The minimum absolute atomic E-state index is 0.0198. The van der Waals surface area contributed by atoms with Crippen LogP contribution >= 0.6 is 0 Å². The highest BCUT2D eigenvalue weighted by molar-refractivity contribution is 6.03. The number of aliphatic hydroxyl groups excluding tert-OH is 1. The molecular formula is C27H34F2N6O3. The average molecular weight is 529 g/mol. The fourth-order valence-corrected chi connectivity index (χ4v) is 5.48. The molecule has 0 radical (unpaired) electrons. The minimum atomic E-state index is -2.82. The Morgan fingerprint density at radius 1 is 1.21 bits per heavy atom. The maximum Gasteiger partial charge on any atom is 0.284 e. The van der Waals surface area contributed by atoms with Crippen molar-refractivity contribution in [3.05, 3.63) is 42.2 Å². The number of pyridine rings is 1. The Kier molecular flexibility index (Phi) is 8.01. The Labute approximate surface area is 220 Å². The van der Waals surface area contributed by atoms with Crippen LogP contribution in [0.4, 0.5) is 20.3 Å². The first-order valence-corrected chi connectivity index (χ1v) is 13.5. The number of nitrogens with one attached hydrogen (secondary N) is 2. The lowest BCUT2D eigenvalue weighted by Crippen LogP contribution is -2.36. The molecule has 3 aromatic heterocycles. The highest BCUT2D eigenvalue weighted by Gasteiger charge is 2.27. The van der Waals surface area contributed by atoms with E-state index in [1.165, 1.54) is 12.5 Å². The van der Waals surface area contributed by atoms with Crippen molar-refractivity contribution >= 4 is 17.4 Å². The van der Waals surface area contributed by atoms with E-state index in [0.717, 1.165) is 57.8 Å². The van der Waals surface area contributed by atoms with Crippen molar-refractivity contribution < 1.29 is 23.1 Å². The van der Waals surface area contributed by atoms with Crippen LogP contribution in [0.5, 0.6) is 0 Å². The zero-order valence-electron chi connectivity index (χ0n) is 21.4. The van der Waals surface area contributed by atoms with Gasteiger partial charge < -0.3 is 20.2 Å². The van der Waals surface area contributed by atoms with E-state index in [1.807, 2.05) is 0 Å². The molecule has 2 fully saturated rings. The molecule has 38 heavy (non-hydrogen) atoms. The van der Waals surface area contributed by atoms with E-state index in [1.54, 1.807) is 23.0 Å². The molecule has 5 rings (SSSR count). The summed E-state index contributed by atoms with van der Waals surface area (Å²) >= 11 is 0. The van der Waals surface area contributed by atoms with Crippen molar-refractivity contribution in [1.29, 1.82) is 0 Å². The molecule has 3 heterocycles. The number of carbonyl (C=O) groups excluding carboxylic acids is 1. The Morgan fingerprint density at radius 2 is 2.00 bits per heavy atom. The van der Waals surface area contributed by atoms with Crippen molar-refractivity contribution in [3.8, 4) is 11.5 Å². The third-order valence-electron chi connectivity index (χ3n) is 7.79. The number of alkyl halides is 2. The van der Waals surface area contributed by atoms with Crippen molar-refractivity contribution in [2.24, 2.45) is 5.92 Å². The van der Waals surface area contributed by atoms with E-state index < -0.39 is 24.1 Å². The lowest BCUT2D eigenvalue weighted by Gasteiger charge is -2.28. The summed E-state index contributed by atoms with van der Waals surface area (Å²) in [6.07, 6.45) is 9.66. The van der Waals surface area contributed by atoms with Crippen molar-refractivity contribution in [2.75, 3.05) is 10.6 Å². The number of rotatable bonds is 8. The van der Waals surface area contributed by atoms with Crippen molar-refractivity contribution in [1.82, 2.24) is 19.7 Å². The van der Waals surface area contributed by atoms with Crippen molar-refractivity contribution in [2.45, 2.75) is 89.3 Å². The third-order valence-corrected chi connectivity index (χ3v) is 7.79. The molecule has 0 unspecified atom stereocenters. The Hall–Kier alpha value is -3.34. The summed E-state index contributed by atoms with van der Waals surface area (Å²) in [5.74, 6) is 0.777. The number of nitrogens with zero attached hydrogens (tertiary/aromatic N) is 4. The van der Waals surface area contributed by atoms with Gasteiger partial charge in [-0.2, -0.15) is 5.10 Å². The zero-order valence-corrected chi connectivity index (χ0v) is 21.4. The lowest BCUT2D eigenvalue weighted by atomic mass is 9.85. The first kappa shape index (κ1) is 26.3. The number of amides is 1. The van der Waals surface area contributed by atoms with E-state index in [2.05, 4.69) is 32.6 Å². The number of oxazole rings is 1. The Morgan fingerprint density at radius 3 is 2.74 bits per heavy atom. The molecule has 0 saturated heterocycles. The number of halogens is 2. The number of carbonyl (C=O) groups is 1. The predicted molar refractivity (Wildman–Crippen MR) is 138 cm³/mol. The predicted octanol–water partition coefficient (Wildman–Crippen LogP) is 5.98. The SMILES string of the molecule is CC[C@H]1CC[C@H](n2cc(NC(=O)c3coc(-c4ccnc(N[C@H]5CCCC[C@H]5O)c4)n3)c(C(F)F)n2)CC1. The van der Waals surface area contributed by atoms with Crippen LogP contribution < -0.4 is 10.6 Å². The number of anilines is 2. The average Bonchev–Trinajstić information content (AvgIpc) is 3.59. The quantitative estimate of drug-likeness (QED) is 0.329. The van der Waals surface area contributed by atoms with E-state index in [9.17, 15) is 18.7 Å². The molecule has 204 valence electrons. The second-order valence-corrected chi connectivity index (χ2v) is 10.3. The molecule has 0 spiro atoms. The topological polar surface area (TPSA) is 118 Å². The monoisotopic (exact) mass is 528 g/mol. The molecule has 11 heteroatoms. The van der Waals surface area contributed by atoms with Gasteiger partial charge in [-0.1, -0.05) is 26.2 Å². The molecule has 3 aromatic rings. The molecule has 2 aliphatic carbocycles. The standard InChI is InChI=1S/C27H34F2N6O3/c1-2-16-7-9-18(10-8-16)35-14-20(24(34-35)25(28)29)32-26(37)21-15-38-27(33-21)17-11-12-30-23(13-17)31-19-5-3-4-6-22(19)36/h11-16,18-19,22,25,36H,2-10H2,1H3,(H,30,31)(H,32,37)/t16-,18-,19-,22+/m0/s1. The van der Waals surface area contributed by atoms with E-state index >= 15 is 0 Å². The van der Waals surface area contributed by atoms with Crippen LogP contribution in [0.3, 0.4) is 0 Å². The van der Waals surface area contributed by atoms with Crippen LogP contribution in [0.15, 0.2) is 35.2 Å². The summed E-state index contributed by atoms with van der Waals surface area (Å²) in [7, 11) is 0. The van der Waals surface area contributed by atoms with Gasteiger partial charge in [0.1, 0.15) is 12.1 Å². The largest absolute Gasteiger partial charge is 0.444 e. The van der Waals surface area contributed by atoms with Gasteiger partial charge in [0.2, 0.25) is 5.89 Å². The summed E-state index contributed by atoms with van der Waals surface area (Å²) < 4.78 is 34.6. The molecule has 0 bridgehead atoms. The van der Waals surface area contributed by atoms with Crippen LogP contribution in [-0.2, 0) is 0 Å². The number of hydrogen-bond donors (Lipinski definition) is 3. The highest BCUT2D eigenvalue weighted by atomic mass is 19.3. The van der Waals surface area contributed by atoms with Crippen LogP contribution in [0.1, 0.15) is 93.4 Å². The number of aliphatic hydroxyl groups is 1. The first-order chi connectivity index (χ1) is 18.4. The lowest BCUT2D eigenvalue weighted by molar-refractivity contribution is 0.102. The van der Waals surface area contributed by atoms with Gasteiger partial charge in [0.25, 0.3) is 12.3 Å². The molecule has 2 saturated carbocycles. The van der Waals surface area contributed by atoms with E-state index in [4.69, 9.17) is 4.42 Å². The molecule has 0 aliphatic heterocycles. The number of hydrogen-bond acceptors (Lipinski definition) is 7. The third kappa shape index (κ3) is 5.87. The highest BCUT2D eigenvalue weighted by Crippen LogP contribution is 2.36. The minimum Gasteiger partial charge on any atom is -0.444 e. The molecule has 2 atom stereocenters. The molecule has 2 aliphatic rings. The maximum atomic E-state index is 13.7. The zero-order chi connectivity index (χ0) is 26.6. The normalized spacial score (nSPS) is 23.9. The van der Waals surface area contributed by atoms with Gasteiger partial charge in [-0.15, -0.1) is 0 Å². The molecule has 0 aromatic carbocycles. The Bertz CT molecular complexity index is 1240. The summed E-state index contributed by atoms with van der Waals surface area (Å²) in [4.78, 5) is 21.5.